The van der Waals surface area contributed by atoms with Crippen LogP contribution < -0.4 is 5.32 Å². The summed E-state index contributed by atoms with van der Waals surface area (Å²) in [5.74, 6) is 0.0998. The minimum Gasteiger partial charge on any atom is -0.385 e. The Morgan fingerprint density at radius 2 is 2.16 bits per heavy atom. The molecule has 4 heteroatoms. The molecule has 1 aliphatic carbocycles. The van der Waals surface area contributed by atoms with Crippen LogP contribution in [0.5, 0.6) is 0 Å². The summed E-state index contributed by atoms with van der Waals surface area (Å²) in [6, 6.07) is 5.90. The van der Waals surface area contributed by atoms with Crippen LogP contribution in [0.25, 0.3) is 0 Å². The minimum atomic E-state index is 0.0998. The molecule has 1 aromatic rings. The molecule has 0 aromatic heterocycles. The molecule has 0 spiro atoms. The van der Waals surface area contributed by atoms with Gasteiger partial charge in [0.05, 0.1) is 5.56 Å². The molecule has 0 heterocycles. The molecular formula is C15H21ClN2O. The summed E-state index contributed by atoms with van der Waals surface area (Å²) in [6.45, 7) is 5.74. The maximum Gasteiger partial charge on any atom is 0.256 e. The summed E-state index contributed by atoms with van der Waals surface area (Å²) in [4.78, 5) is 14.7. The van der Waals surface area contributed by atoms with Crippen LogP contribution in [0.3, 0.4) is 0 Å². The molecule has 0 unspecified atom stereocenters. The molecule has 19 heavy (non-hydrogen) atoms. The fourth-order valence-electron chi connectivity index (χ4n) is 2.27. The lowest BCUT2D eigenvalue weighted by Gasteiger charge is -2.23. The summed E-state index contributed by atoms with van der Waals surface area (Å²) in [5, 5.41) is 3.84. The van der Waals surface area contributed by atoms with Crippen molar-refractivity contribution in [2.45, 2.75) is 39.2 Å². The zero-order valence-electron chi connectivity index (χ0n) is 11.6. The molecule has 104 valence electrons. The quantitative estimate of drug-likeness (QED) is 0.860. The summed E-state index contributed by atoms with van der Waals surface area (Å²) in [5.41, 5.74) is 1.56. The molecule has 3 nitrogen and oxygen atoms in total. The Hall–Kier alpha value is -1.22. The average Bonchev–Trinajstić information content (AvgIpc) is 3.22. The van der Waals surface area contributed by atoms with E-state index in [0.29, 0.717) is 16.6 Å². The number of benzene rings is 1. The van der Waals surface area contributed by atoms with Gasteiger partial charge in [-0.15, -0.1) is 0 Å². The van der Waals surface area contributed by atoms with E-state index in [9.17, 15) is 4.79 Å². The van der Waals surface area contributed by atoms with E-state index in [0.717, 1.165) is 38.0 Å². The van der Waals surface area contributed by atoms with Crippen molar-refractivity contribution in [3.8, 4) is 0 Å². The van der Waals surface area contributed by atoms with Crippen molar-refractivity contribution in [1.29, 1.82) is 0 Å². The van der Waals surface area contributed by atoms with Crippen LogP contribution in [0, 0.1) is 0 Å². The predicted octanol–water partition coefficient (Wildman–Crippen LogP) is 3.79. The molecule has 1 saturated carbocycles. The van der Waals surface area contributed by atoms with Gasteiger partial charge in [-0.1, -0.05) is 18.5 Å². The van der Waals surface area contributed by atoms with Crippen molar-refractivity contribution < 1.29 is 4.79 Å². The van der Waals surface area contributed by atoms with Crippen LogP contribution in [0.4, 0.5) is 5.69 Å². The second-order valence-corrected chi connectivity index (χ2v) is 5.39. The average molecular weight is 281 g/mol. The maximum absolute atomic E-state index is 12.7. The Morgan fingerprint density at radius 3 is 2.74 bits per heavy atom. The molecular weight excluding hydrogens is 260 g/mol. The van der Waals surface area contributed by atoms with Crippen molar-refractivity contribution in [3.63, 3.8) is 0 Å². The molecule has 0 atom stereocenters. The van der Waals surface area contributed by atoms with Gasteiger partial charge in [-0.2, -0.15) is 0 Å². The number of hydrogen-bond donors (Lipinski definition) is 1. The van der Waals surface area contributed by atoms with E-state index in [-0.39, 0.29) is 5.91 Å². The molecule has 1 aromatic carbocycles. The van der Waals surface area contributed by atoms with Crippen molar-refractivity contribution in [2.24, 2.45) is 0 Å². The van der Waals surface area contributed by atoms with Gasteiger partial charge in [-0.25, -0.2) is 0 Å². The number of hydrogen-bond acceptors (Lipinski definition) is 2. The van der Waals surface area contributed by atoms with E-state index in [2.05, 4.69) is 12.2 Å². The van der Waals surface area contributed by atoms with E-state index in [1.54, 1.807) is 6.07 Å². The lowest BCUT2D eigenvalue weighted by atomic mass is 10.1. The SMILES string of the molecule is CCCN(C(=O)c1cc(Cl)ccc1NCC)C1CC1. The Kier molecular flexibility index (Phi) is 4.70. The number of carbonyl (C=O) groups excluding carboxylic acids is 1. The largest absolute Gasteiger partial charge is 0.385 e. The van der Waals surface area contributed by atoms with Gasteiger partial charge in [0.2, 0.25) is 0 Å². The highest BCUT2D eigenvalue weighted by Gasteiger charge is 2.33. The standard InChI is InChI=1S/C15H21ClN2O/c1-3-9-18(12-6-7-12)15(19)13-10-11(16)5-8-14(13)17-4-2/h5,8,10,12,17H,3-4,6-7,9H2,1-2H3. The molecule has 1 fully saturated rings. The molecule has 0 saturated heterocycles. The number of nitrogens with one attached hydrogen (secondary N) is 1. The lowest BCUT2D eigenvalue weighted by molar-refractivity contribution is 0.0744. The van der Waals surface area contributed by atoms with Gasteiger partial charge >= 0.3 is 0 Å². The van der Waals surface area contributed by atoms with Gasteiger partial charge in [0.1, 0.15) is 0 Å². The third kappa shape index (κ3) is 3.41. The fourth-order valence-corrected chi connectivity index (χ4v) is 2.44. The Labute approximate surface area is 119 Å². The highest BCUT2D eigenvalue weighted by Crippen LogP contribution is 2.30. The fraction of sp³-hybridized carbons (Fsp3) is 0.533. The first-order valence-electron chi connectivity index (χ1n) is 7.01. The van der Waals surface area contributed by atoms with E-state index < -0.39 is 0 Å². The smallest absolute Gasteiger partial charge is 0.256 e. The first kappa shape index (κ1) is 14.2. The van der Waals surface area contributed by atoms with E-state index in [1.807, 2.05) is 24.0 Å². The molecule has 1 amide bonds. The van der Waals surface area contributed by atoms with Gasteiger partial charge in [0, 0.05) is 29.8 Å². The number of nitrogens with zero attached hydrogens (tertiary/aromatic N) is 1. The van der Waals surface area contributed by atoms with Crippen LogP contribution in [-0.2, 0) is 0 Å². The molecule has 0 bridgehead atoms. The van der Waals surface area contributed by atoms with Crippen molar-refractivity contribution in [2.75, 3.05) is 18.4 Å². The number of halogens is 1. The number of carbonyl (C=O) groups is 1. The zero-order chi connectivity index (χ0) is 13.8. The molecule has 0 aliphatic heterocycles. The second kappa shape index (κ2) is 6.29. The number of anilines is 1. The topological polar surface area (TPSA) is 32.3 Å². The molecule has 0 radical (unpaired) electrons. The molecule has 1 aliphatic rings. The summed E-state index contributed by atoms with van der Waals surface area (Å²) < 4.78 is 0. The van der Waals surface area contributed by atoms with Gasteiger partial charge < -0.3 is 10.2 Å². The van der Waals surface area contributed by atoms with Crippen molar-refractivity contribution >= 4 is 23.2 Å². The third-order valence-corrected chi connectivity index (χ3v) is 3.53. The van der Waals surface area contributed by atoms with Gasteiger partial charge in [0.25, 0.3) is 5.91 Å². The summed E-state index contributed by atoms with van der Waals surface area (Å²) in [6.07, 6.45) is 3.24. The number of rotatable bonds is 6. The number of amides is 1. The van der Waals surface area contributed by atoms with Crippen molar-refractivity contribution in [3.05, 3.63) is 28.8 Å². The molecule has 1 N–H and O–H groups in total. The summed E-state index contributed by atoms with van der Waals surface area (Å²) in [7, 11) is 0. The van der Waals surface area contributed by atoms with E-state index >= 15 is 0 Å². The normalized spacial score (nSPS) is 14.3. The first-order chi connectivity index (χ1) is 9.17. The summed E-state index contributed by atoms with van der Waals surface area (Å²) >= 11 is 6.04. The second-order valence-electron chi connectivity index (χ2n) is 4.95. The Bertz CT molecular complexity index is 457. The van der Waals surface area contributed by atoms with Crippen LogP contribution in [0.1, 0.15) is 43.5 Å². The highest BCUT2D eigenvalue weighted by molar-refractivity contribution is 6.31. The first-order valence-corrected chi connectivity index (χ1v) is 7.39. The zero-order valence-corrected chi connectivity index (χ0v) is 12.3. The van der Waals surface area contributed by atoms with Crippen LogP contribution in [0.2, 0.25) is 5.02 Å². The third-order valence-electron chi connectivity index (χ3n) is 3.29. The monoisotopic (exact) mass is 280 g/mol. The van der Waals surface area contributed by atoms with Crippen LogP contribution in [-0.4, -0.2) is 29.9 Å². The Morgan fingerprint density at radius 1 is 1.42 bits per heavy atom. The predicted molar refractivity (Wildman–Crippen MR) is 80.0 cm³/mol. The van der Waals surface area contributed by atoms with Crippen molar-refractivity contribution in [1.82, 2.24) is 4.90 Å². The Balaban J connectivity index is 2.27. The van der Waals surface area contributed by atoms with Gasteiger partial charge in [-0.05, 0) is 44.4 Å². The highest BCUT2D eigenvalue weighted by atomic mass is 35.5. The van der Waals surface area contributed by atoms with E-state index in [4.69, 9.17) is 11.6 Å². The molecule has 2 rings (SSSR count). The van der Waals surface area contributed by atoms with Gasteiger partial charge in [-0.3, -0.25) is 4.79 Å². The minimum absolute atomic E-state index is 0.0998. The van der Waals surface area contributed by atoms with Crippen LogP contribution >= 0.6 is 11.6 Å². The van der Waals surface area contributed by atoms with Gasteiger partial charge in [0.15, 0.2) is 0 Å². The lowest BCUT2D eigenvalue weighted by Crippen LogP contribution is -2.34. The van der Waals surface area contributed by atoms with Crippen LogP contribution in [0.15, 0.2) is 18.2 Å². The van der Waals surface area contributed by atoms with E-state index in [1.165, 1.54) is 0 Å². The maximum atomic E-state index is 12.7.